The van der Waals surface area contributed by atoms with Crippen LogP contribution in [0.3, 0.4) is 0 Å². The Morgan fingerprint density at radius 3 is 3.08 bits per heavy atom. The van der Waals surface area contributed by atoms with E-state index >= 15 is 0 Å². The summed E-state index contributed by atoms with van der Waals surface area (Å²) in [6, 6.07) is 0. The minimum atomic E-state index is 0.825. The number of nitrogens with one attached hydrogen (secondary N) is 3. The first-order chi connectivity index (χ1) is 6.25. The molecule has 0 aromatic heterocycles. The van der Waals surface area contributed by atoms with Gasteiger partial charge < -0.3 is 16.0 Å². The van der Waals surface area contributed by atoms with Crippen LogP contribution >= 0.6 is 0 Å². The van der Waals surface area contributed by atoms with E-state index < -0.39 is 0 Å². The lowest BCUT2D eigenvalue weighted by atomic mass is 10.1. The molecule has 1 aliphatic heterocycles. The predicted octanol–water partition coefficient (Wildman–Crippen LogP) is -0.156. The smallest absolute Gasteiger partial charge is 0.289 e. The molecule has 1 rings (SSSR count). The van der Waals surface area contributed by atoms with Crippen LogP contribution in [0.15, 0.2) is 11.3 Å². The molecule has 0 radical (unpaired) electrons. The molecule has 1 heterocycles. The van der Waals surface area contributed by atoms with Crippen LogP contribution in [0.2, 0.25) is 0 Å². The van der Waals surface area contributed by atoms with Crippen LogP contribution in [0.1, 0.15) is 19.8 Å². The van der Waals surface area contributed by atoms with Crippen LogP contribution in [0.25, 0.3) is 0 Å². The van der Waals surface area contributed by atoms with Gasteiger partial charge >= 0.3 is 0 Å². The summed E-state index contributed by atoms with van der Waals surface area (Å²) in [5.74, 6) is 0. The molecule has 3 N–H and O–H groups in total. The molecule has 0 amide bonds. The summed E-state index contributed by atoms with van der Waals surface area (Å²) in [6.07, 6.45) is 2.21. The normalized spacial score (nSPS) is 17.3. The average Bonchev–Trinajstić information content (AvgIpc) is 2.15. The molecule has 0 aromatic carbocycles. The lowest BCUT2D eigenvalue weighted by Gasteiger charge is -2.22. The Morgan fingerprint density at radius 2 is 2.46 bits per heavy atom. The van der Waals surface area contributed by atoms with Gasteiger partial charge in [0, 0.05) is 25.3 Å². The van der Waals surface area contributed by atoms with Crippen molar-refractivity contribution in [2.75, 3.05) is 19.6 Å². The molecule has 0 saturated carbocycles. The van der Waals surface area contributed by atoms with Gasteiger partial charge in [-0.25, -0.2) is 0 Å². The third kappa shape index (κ3) is 3.15. The highest BCUT2D eigenvalue weighted by molar-refractivity contribution is 6.63. The van der Waals surface area contributed by atoms with Crippen molar-refractivity contribution in [1.82, 2.24) is 10.6 Å². The van der Waals surface area contributed by atoms with E-state index in [9.17, 15) is 0 Å². The Labute approximate surface area is 87.9 Å². The molecule has 1 aliphatic rings. The van der Waals surface area contributed by atoms with Gasteiger partial charge in [0.2, 0.25) is 0 Å². The molecule has 3 nitrogen and oxygen atoms in total. The van der Waals surface area contributed by atoms with E-state index in [0.29, 0.717) is 0 Å². The van der Waals surface area contributed by atoms with E-state index in [0.717, 1.165) is 53.3 Å². The summed E-state index contributed by atoms with van der Waals surface area (Å²) in [7, 11) is 0. The van der Waals surface area contributed by atoms with Gasteiger partial charge in [-0.1, -0.05) is 6.92 Å². The Morgan fingerprint density at radius 1 is 1.69 bits per heavy atom. The van der Waals surface area contributed by atoms with E-state index in [1.807, 2.05) is 0 Å². The maximum absolute atomic E-state index is 7.68. The molecule has 0 atom stereocenters. The van der Waals surface area contributed by atoms with Crippen molar-refractivity contribution in [2.45, 2.75) is 19.8 Å². The van der Waals surface area contributed by atoms with E-state index in [2.05, 4.69) is 17.6 Å². The molecular formula is C9H18AlN3. The summed E-state index contributed by atoms with van der Waals surface area (Å²) in [6.45, 7) is 5.13. The standard InChI is InChI=1S/C9H16N3.Al.2H/c1-2-4-12-9-3-5-11-7-8(9)6-10;;;/h10-12H,2-5,7H2,1H3;;;. The molecule has 0 spiro atoms. The quantitative estimate of drug-likeness (QED) is 0.431. The Balaban J connectivity index is 2.65. The number of rotatable bonds is 4. The molecular weight excluding hydrogens is 177 g/mol. The van der Waals surface area contributed by atoms with Crippen LogP contribution < -0.4 is 10.6 Å². The maximum atomic E-state index is 7.68. The highest BCUT2D eigenvalue weighted by atomic mass is 27.0. The number of hydrogen-bond donors (Lipinski definition) is 3. The Bertz CT molecular complexity index is 223. The summed E-state index contributed by atoms with van der Waals surface area (Å²) in [5.41, 5.74) is 2.52. The predicted molar refractivity (Wildman–Crippen MR) is 59.1 cm³/mol. The largest absolute Gasteiger partial charge is 0.388 e. The van der Waals surface area contributed by atoms with Gasteiger partial charge in [-0.15, -0.1) is 0 Å². The van der Waals surface area contributed by atoms with Crippen molar-refractivity contribution in [3.8, 4) is 0 Å². The summed E-state index contributed by atoms with van der Waals surface area (Å²) in [4.78, 5) is 0. The second-order valence-electron chi connectivity index (χ2n) is 3.44. The fourth-order valence-electron chi connectivity index (χ4n) is 1.51. The zero-order valence-electron chi connectivity index (χ0n) is 8.54. The van der Waals surface area contributed by atoms with Gasteiger partial charge in [-0.05, 0) is 23.0 Å². The molecule has 13 heavy (non-hydrogen) atoms. The number of hydrogen-bond acceptors (Lipinski definition) is 3. The SMILES string of the molecule is CCCNC1=C([C](=N)[AlH2])CNCC1. The molecule has 0 aliphatic carbocycles. The summed E-state index contributed by atoms with van der Waals surface area (Å²) < 4.78 is 0.825. The van der Waals surface area contributed by atoms with Crippen LogP contribution in [0.4, 0.5) is 0 Å². The molecule has 4 heteroatoms. The third-order valence-electron chi connectivity index (χ3n) is 2.26. The van der Waals surface area contributed by atoms with Crippen LogP contribution in [-0.4, -0.2) is 40.5 Å². The lowest BCUT2D eigenvalue weighted by molar-refractivity contribution is 0.631. The van der Waals surface area contributed by atoms with Crippen molar-refractivity contribution >= 4 is 20.9 Å². The van der Waals surface area contributed by atoms with Gasteiger partial charge in [0.15, 0.2) is 0 Å². The first-order valence-electron chi connectivity index (χ1n) is 4.97. The first-order valence-corrected chi connectivity index (χ1v) is 5.97. The van der Waals surface area contributed by atoms with Crippen molar-refractivity contribution in [2.24, 2.45) is 0 Å². The van der Waals surface area contributed by atoms with Gasteiger partial charge in [0.1, 0.15) is 0 Å². The van der Waals surface area contributed by atoms with Crippen molar-refractivity contribution in [3.05, 3.63) is 11.3 Å². The Hall–Kier alpha value is -0.298. The fourth-order valence-corrected chi connectivity index (χ4v) is 1.99. The lowest BCUT2D eigenvalue weighted by Crippen LogP contribution is -2.33. The molecule has 0 aromatic rings. The maximum Gasteiger partial charge on any atom is 0.289 e. The molecule has 72 valence electrons. The molecule has 0 bridgehead atoms. The van der Waals surface area contributed by atoms with Crippen molar-refractivity contribution < 1.29 is 0 Å². The summed E-state index contributed by atoms with van der Waals surface area (Å²) >= 11 is 0.852. The van der Waals surface area contributed by atoms with E-state index in [1.165, 1.54) is 11.3 Å². The van der Waals surface area contributed by atoms with Gasteiger partial charge in [-0.3, -0.25) is 0 Å². The van der Waals surface area contributed by atoms with E-state index in [1.54, 1.807) is 0 Å². The van der Waals surface area contributed by atoms with E-state index in [4.69, 9.17) is 5.41 Å². The highest BCUT2D eigenvalue weighted by Gasteiger charge is 2.12. The topological polar surface area (TPSA) is 47.9 Å². The van der Waals surface area contributed by atoms with Crippen molar-refractivity contribution in [3.63, 3.8) is 0 Å². The minimum Gasteiger partial charge on any atom is -0.388 e. The first kappa shape index (κ1) is 10.8. The van der Waals surface area contributed by atoms with Crippen LogP contribution in [-0.2, 0) is 0 Å². The zero-order chi connectivity index (χ0) is 9.68. The fraction of sp³-hybridized carbons (Fsp3) is 0.667. The monoisotopic (exact) mass is 195 g/mol. The second-order valence-corrected chi connectivity index (χ2v) is 4.44. The van der Waals surface area contributed by atoms with Crippen LogP contribution in [0, 0.1) is 5.41 Å². The van der Waals surface area contributed by atoms with Gasteiger partial charge in [0.25, 0.3) is 16.3 Å². The molecule has 0 saturated heterocycles. The van der Waals surface area contributed by atoms with Crippen LogP contribution in [0.5, 0.6) is 0 Å². The average molecular weight is 195 g/mol. The molecule has 0 fully saturated rings. The second kappa shape index (κ2) is 5.44. The third-order valence-corrected chi connectivity index (χ3v) is 2.86. The molecule has 0 unspecified atom stereocenters. The van der Waals surface area contributed by atoms with Gasteiger partial charge in [0.05, 0.1) is 0 Å². The Kier molecular flexibility index (Phi) is 4.51. The summed E-state index contributed by atoms with van der Waals surface area (Å²) in [5, 5.41) is 14.4. The van der Waals surface area contributed by atoms with Gasteiger partial charge in [-0.2, -0.15) is 0 Å². The minimum absolute atomic E-state index is 0.825. The van der Waals surface area contributed by atoms with Crippen molar-refractivity contribution in [1.29, 1.82) is 5.41 Å². The van der Waals surface area contributed by atoms with E-state index in [-0.39, 0.29) is 0 Å². The highest BCUT2D eigenvalue weighted by Crippen LogP contribution is 2.09. The zero-order valence-corrected chi connectivity index (χ0v) is 10.5.